The molecule has 0 fully saturated rings. The lowest BCUT2D eigenvalue weighted by Gasteiger charge is -2.19. The number of nitrogens with one attached hydrogen (secondary N) is 1. The molecule has 3 nitrogen and oxygen atoms in total. The van der Waals surface area contributed by atoms with Crippen LogP contribution in [0.5, 0.6) is 0 Å². The fourth-order valence-corrected chi connectivity index (χ4v) is 1.72. The van der Waals surface area contributed by atoms with Crippen LogP contribution in [0.3, 0.4) is 0 Å². The highest BCUT2D eigenvalue weighted by molar-refractivity contribution is 6.30. The number of nitrogens with zero attached hydrogens (tertiary/aromatic N) is 1. The van der Waals surface area contributed by atoms with E-state index < -0.39 is 5.82 Å². The molecule has 0 heterocycles. The summed E-state index contributed by atoms with van der Waals surface area (Å²) in [7, 11) is 4.02. The Hall–Kier alpha value is -0.680. The predicted molar refractivity (Wildman–Crippen MR) is 69.8 cm³/mol. The Morgan fingerprint density at radius 3 is 2.71 bits per heavy atom. The van der Waals surface area contributed by atoms with Crippen LogP contribution in [0.1, 0.15) is 11.6 Å². The van der Waals surface area contributed by atoms with Crippen molar-refractivity contribution in [2.75, 3.05) is 33.7 Å². The highest BCUT2D eigenvalue weighted by Crippen LogP contribution is 2.20. The van der Waals surface area contributed by atoms with Crippen molar-refractivity contribution >= 4 is 11.6 Å². The monoisotopic (exact) mass is 259 g/mol. The Balaban J connectivity index is 2.62. The van der Waals surface area contributed by atoms with E-state index in [4.69, 9.17) is 17.3 Å². The summed E-state index contributed by atoms with van der Waals surface area (Å²) in [5.41, 5.74) is 6.61. The summed E-state index contributed by atoms with van der Waals surface area (Å²) < 4.78 is 13.0. The number of hydrogen-bond donors (Lipinski definition) is 2. The summed E-state index contributed by atoms with van der Waals surface area (Å²) in [6.07, 6.45) is 0. The first-order chi connectivity index (χ1) is 8.04. The lowest BCUT2D eigenvalue weighted by Crippen LogP contribution is -2.33. The fourth-order valence-electron chi connectivity index (χ4n) is 1.53. The van der Waals surface area contributed by atoms with Gasteiger partial charge in [-0.25, -0.2) is 4.39 Å². The molecule has 5 heteroatoms. The quantitative estimate of drug-likeness (QED) is 0.816. The molecule has 0 aliphatic rings. The standard InChI is InChI=1S/C12H19ClFN3/c1-17(2)6-5-16-12(8-15)9-3-4-11(14)10(13)7-9/h3-4,7,12,16H,5-6,8,15H2,1-2H3. The van der Waals surface area contributed by atoms with Crippen molar-refractivity contribution in [3.63, 3.8) is 0 Å². The Morgan fingerprint density at radius 1 is 1.47 bits per heavy atom. The SMILES string of the molecule is CN(C)CCNC(CN)c1ccc(F)c(Cl)c1. The van der Waals surface area contributed by atoms with Gasteiger partial charge in [-0.2, -0.15) is 0 Å². The maximum atomic E-state index is 13.0. The first-order valence-electron chi connectivity index (χ1n) is 5.57. The first kappa shape index (κ1) is 14.4. The van der Waals surface area contributed by atoms with Gasteiger partial charge in [0.15, 0.2) is 0 Å². The molecule has 0 saturated carbocycles. The van der Waals surface area contributed by atoms with Crippen molar-refractivity contribution < 1.29 is 4.39 Å². The van der Waals surface area contributed by atoms with E-state index in [1.807, 2.05) is 14.1 Å². The van der Waals surface area contributed by atoms with Crippen molar-refractivity contribution in [1.82, 2.24) is 10.2 Å². The number of nitrogens with two attached hydrogens (primary N) is 1. The number of likely N-dealkylation sites (N-methyl/N-ethyl adjacent to an activating group) is 1. The molecular formula is C12H19ClFN3. The lowest BCUT2D eigenvalue weighted by molar-refractivity contribution is 0.385. The van der Waals surface area contributed by atoms with Gasteiger partial charge in [0.25, 0.3) is 0 Å². The summed E-state index contributed by atoms with van der Waals surface area (Å²) in [5.74, 6) is -0.403. The largest absolute Gasteiger partial charge is 0.329 e. The number of benzene rings is 1. The van der Waals surface area contributed by atoms with E-state index in [-0.39, 0.29) is 11.1 Å². The second-order valence-corrected chi connectivity index (χ2v) is 4.63. The lowest BCUT2D eigenvalue weighted by atomic mass is 10.1. The molecular weight excluding hydrogens is 241 g/mol. The Morgan fingerprint density at radius 2 is 2.18 bits per heavy atom. The third-order valence-corrected chi connectivity index (χ3v) is 2.82. The molecule has 0 amide bonds. The van der Waals surface area contributed by atoms with E-state index in [9.17, 15) is 4.39 Å². The molecule has 3 N–H and O–H groups in total. The minimum absolute atomic E-state index is 0.00745. The molecule has 1 aromatic rings. The maximum Gasteiger partial charge on any atom is 0.141 e. The summed E-state index contributed by atoms with van der Waals surface area (Å²) >= 11 is 5.75. The number of hydrogen-bond acceptors (Lipinski definition) is 3. The van der Waals surface area contributed by atoms with Gasteiger partial charge < -0.3 is 16.0 Å². The third-order valence-electron chi connectivity index (χ3n) is 2.53. The molecule has 17 heavy (non-hydrogen) atoms. The van der Waals surface area contributed by atoms with E-state index in [2.05, 4.69) is 10.2 Å². The second kappa shape index (κ2) is 6.91. The van der Waals surface area contributed by atoms with Crippen molar-refractivity contribution in [2.24, 2.45) is 5.73 Å². The number of rotatable bonds is 6. The van der Waals surface area contributed by atoms with E-state index in [0.29, 0.717) is 6.54 Å². The summed E-state index contributed by atoms with van der Waals surface area (Å²) in [6, 6.07) is 4.71. The molecule has 1 rings (SSSR count). The zero-order chi connectivity index (χ0) is 12.8. The molecule has 1 aromatic carbocycles. The molecule has 0 bridgehead atoms. The van der Waals surface area contributed by atoms with E-state index in [1.54, 1.807) is 12.1 Å². The van der Waals surface area contributed by atoms with Crippen LogP contribution in [-0.4, -0.2) is 38.6 Å². The molecule has 0 saturated heterocycles. The van der Waals surface area contributed by atoms with E-state index in [1.165, 1.54) is 6.07 Å². The zero-order valence-corrected chi connectivity index (χ0v) is 11.0. The summed E-state index contributed by atoms with van der Waals surface area (Å²) in [6.45, 7) is 2.20. The Labute approximate surface area is 107 Å². The van der Waals surface area contributed by atoms with Gasteiger partial charge in [0, 0.05) is 25.7 Å². The van der Waals surface area contributed by atoms with Gasteiger partial charge in [-0.15, -0.1) is 0 Å². The maximum absolute atomic E-state index is 13.0. The highest BCUT2D eigenvalue weighted by Gasteiger charge is 2.10. The van der Waals surface area contributed by atoms with Gasteiger partial charge in [0.2, 0.25) is 0 Å². The average molecular weight is 260 g/mol. The molecule has 0 aliphatic carbocycles. The van der Waals surface area contributed by atoms with Crippen molar-refractivity contribution in [3.8, 4) is 0 Å². The van der Waals surface area contributed by atoms with Crippen LogP contribution < -0.4 is 11.1 Å². The van der Waals surface area contributed by atoms with Crippen LogP contribution >= 0.6 is 11.6 Å². The van der Waals surface area contributed by atoms with E-state index >= 15 is 0 Å². The summed E-state index contributed by atoms with van der Waals surface area (Å²) in [4.78, 5) is 2.08. The third kappa shape index (κ3) is 4.60. The van der Waals surface area contributed by atoms with Crippen LogP contribution in [-0.2, 0) is 0 Å². The van der Waals surface area contributed by atoms with E-state index in [0.717, 1.165) is 18.7 Å². The fraction of sp³-hybridized carbons (Fsp3) is 0.500. The van der Waals surface area contributed by atoms with Crippen molar-refractivity contribution in [3.05, 3.63) is 34.6 Å². The Kier molecular flexibility index (Phi) is 5.85. The Bertz CT molecular complexity index is 358. The van der Waals surface area contributed by atoms with Crippen molar-refractivity contribution in [1.29, 1.82) is 0 Å². The van der Waals surface area contributed by atoms with Gasteiger partial charge in [-0.1, -0.05) is 17.7 Å². The van der Waals surface area contributed by atoms with Crippen LogP contribution in [0, 0.1) is 5.82 Å². The number of halogens is 2. The van der Waals surface area contributed by atoms with Gasteiger partial charge >= 0.3 is 0 Å². The van der Waals surface area contributed by atoms with Gasteiger partial charge in [-0.05, 0) is 31.8 Å². The molecule has 1 unspecified atom stereocenters. The van der Waals surface area contributed by atoms with Crippen LogP contribution in [0.4, 0.5) is 4.39 Å². The minimum Gasteiger partial charge on any atom is -0.329 e. The molecule has 96 valence electrons. The summed E-state index contributed by atoms with van der Waals surface area (Å²) in [5, 5.41) is 3.45. The van der Waals surface area contributed by atoms with Crippen LogP contribution in [0.2, 0.25) is 5.02 Å². The molecule has 0 aromatic heterocycles. The van der Waals surface area contributed by atoms with Gasteiger partial charge in [-0.3, -0.25) is 0 Å². The molecule has 0 radical (unpaired) electrons. The highest BCUT2D eigenvalue weighted by atomic mass is 35.5. The second-order valence-electron chi connectivity index (χ2n) is 4.22. The van der Waals surface area contributed by atoms with Gasteiger partial charge in [0.05, 0.1) is 5.02 Å². The smallest absolute Gasteiger partial charge is 0.141 e. The van der Waals surface area contributed by atoms with Crippen LogP contribution in [0.25, 0.3) is 0 Å². The zero-order valence-electron chi connectivity index (χ0n) is 10.2. The predicted octanol–water partition coefficient (Wildman–Crippen LogP) is 1.63. The van der Waals surface area contributed by atoms with Crippen molar-refractivity contribution in [2.45, 2.75) is 6.04 Å². The molecule has 0 aliphatic heterocycles. The minimum atomic E-state index is -0.403. The normalized spacial score (nSPS) is 13.1. The average Bonchev–Trinajstić information content (AvgIpc) is 2.28. The first-order valence-corrected chi connectivity index (χ1v) is 5.95. The van der Waals surface area contributed by atoms with Gasteiger partial charge in [0.1, 0.15) is 5.82 Å². The topological polar surface area (TPSA) is 41.3 Å². The molecule has 1 atom stereocenters. The van der Waals surface area contributed by atoms with Crippen LogP contribution in [0.15, 0.2) is 18.2 Å². The molecule has 0 spiro atoms.